The summed E-state index contributed by atoms with van der Waals surface area (Å²) in [6.07, 6.45) is 1.42. The van der Waals surface area contributed by atoms with Crippen molar-refractivity contribution >= 4 is 0 Å². The lowest BCUT2D eigenvalue weighted by atomic mass is 10.0. The quantitative estimate of drug-likeness (QED) is 0.849. The second-order valence-corrected chi connectivity index (χ2v) is 4.00. The SMILES string of the molecule is CCOc1ccc(C(O)C2CCCO2)cc1. The molecule has 16 heavy (non-hydrogen) atoms. The molecular weight excluding hydrogens is 204 g/mol. The maximum Gasteiger partial charge on any atom is 0.119 e. The van der Waals surface area contributed by atoms with Crippen molar-refractivity contribution in [3.63, 3.8) is 0 Å². The third-order valence-electron chi connectivity index (χ3n) is 2.85. The fourth-order valence-electron chi connectivity index (χ4n) is 1.99. The predicted molar refractivity (Wildman–Crippen MR) is 61.5 cm³/mol. The molecule has 0 aliphatic carbocycles. The van der Waals surface area contributed by atoms with Gasteiger partial charge in [0.15, 0.2) is 0 Å². The van der Waals surface area contributed by atoms with Crippen LogP contribution in [0.1, 0.15) is 31.4 Å². The number of benzene rings is 1. The molecule has 1 N–H and O–H groups in total. The molecule has 0 aromatic heterocycles. The Morgan fingerprint density at radius 3 is 2.75 bits per heavy atom. The van der Waals surface area contributed by atoms with E-state index in [1.54, 1.807) is 0 Å². The average Bonchev–Trinajstić information content (AvgIpc) is 2.83. The van der Waals surface area contributed by atoms with Gasteiger partial charge in [-0.2, -0.15) is 0 Å². The van der Waals surface area contributed by atoms with Gasteiger partial charge in [0, 0.05) is 6.61 Å². The van der Waals surface area contributed by atoms with E-state index in [2.05, 4.69) is 0 Å². The monoisotopic (exact) mass is 222 g/mol. The van der Waals surface area contributed by atoms with Crippen LogP contribution >= 0.6 is 0 Å². The maximum atomic E-state index is 10.1. The molecule has 2 rings (SSSR count). The summed E-state index contributed by atoms with van der Waals surface area (Å²) >= 11 is 0. The van der Waals surface area contributed by atoms with Crippen LogP contribution in [0, 0.1) is 0 Å². The molecule has 1 aromatic carbocycles. The van der Waals surface area contributed by atoms with Crippen LogP contribution in [0.4, 0.5) is 0 Å². The van der Waals surface area contributed by atoms with Gasteiger partial charge >= 0.3 is 0 Å². The third kappa shape index (κ3) is 2.54. The molecule has 3 heteroatoms. The highest BCUT2D eigenvalue weighted by molar-refractivity contribution is 5.29. The van der Waals surface area contributed by atoms with E-state index in [0.29, 0.717) is 6.61 Å². The van der Waals surface area contributed by atoms with Crippen molar-refractivity contribution in [1.29, 1.82) is 0 Å². The van der Waals surface area contributed by atoms with E-state index in [1.165, 1.54) is 0 Å². The highest BCUT2D eigenvalue weighted by atomic mass is 16.5. The first-order chi connectivity index (χ1) is 7.81. The van der Waals surface area contributed by atoms with Crippen molar-refractivity contribution in [2.45, 2.75) is 32.0 Å². The molecule has 1 heterocycles. The highest BCUT2D eigenvalue weighted by Crippen LogP contribution is 2.27. The Morgan fingerprint density at radius 2 is 2.19 bits per heavy atom. The number of hydrogen-bond acceptors (Lipinski definition) is 3. The zero-order valence-electron chi connectivity index (χ0n) is 9.56. The highest BCUT2D eigenvalue weighted by Gasteiger charge is 2.25. The first kappa shape index (κ1) is 11.4. The molecule has 0 amide bonds. The molecule has 1 aromatic rings. The van der Waals surface area contributed by atoms with Crippen LogP contribution in [-0.2, 0) is 4.74 Å². The smallest absolute Gasteiger partial charge is 0.119 e. The first-order valence-corrected chi connectivity index (χ1v) is 5.83. The minimum absolute atomic E-state index is 0.0436. The molecule has 1 aliphatic heterocycles. The van der Waals surface area contributed by atoms with Gasteiger partial charge in [0.05, 0.1) is 12.7 Å². The van der Waals surface area contributed by atoms with E-state index in [1.807, 2.05) is 31.2 Å². The van der Waals surface area contributed by atoms with Crippen LogP contribution in [0.5, 0.6) is 5.75 Å². The summed E-state index contributed by atoms with van der Waals surface area (Å²) in [5.41, 5.74) is 0.898. The van der Waals surface area contributed by atoms with E-state index in [4.69, 9.17) is 9.47 Å². The molecule has 2 atom stereocenters. The third-order valence-corrected chi connectivity index (χ3v) is 2.85. The lowest BCUT2D eigenvalue weighted by molar-refractivity contribution is -0.00260. The maximum absolute atomic E-state index is 10.1. The van der Waals surface area contributed by atoms with Gasteiger partial charge in [0.2, 0.25) is 0 Å². The van der Waals surface area contributed by atoms with Crippen LogP contribution < -0.4 is 4.74 Å². The van der Waals surface area contributed by atoms with Crippen LogP contribution in [0.2, 0.25) is 0 Å². The van der Waals surface area contributed by atoms with Crippen LogP contribution in [0.3, 0.4) is 0 Å². The molecule has 0 saturated carbocycles. The Hall–Kier alpha value is -1.06. The number of ether oxygens (including phenoxy) is 2. The normalized spacial score (nSPS) is 22.0. The van der Waals surface area contributed by atoms with E-state index >= 15 is 0 Å². The van der Waals surface area contributed by atoms with Crippen molar-refractivity contribution in [1.82, 2.24) is 0 Å². The van der Waals surface area contributed by atoms with Gasteiger partial charge in [-0.05, 0) is 37.5 Å². The molecule has 1 fully saturated rings. The van der Waals surface area contributed by atoms with E-state index < -0.39 is 6.10 Å². The fourth-order valence-corrected chi connectivity index (χ4v) is 1.99. The summed E-state index contributed by atoms with van der Waals surface area (Å²) < 4.78 is 10.8. The number of aliphatic hydroxyl groups is 1. The molecule has 2 unspecified atom stereocenters. The van der Waals surface area contributed by atoms with Gasteiger partial charge in [0.25, 0.3) is 0 Å². The molecule has 0 spiro atoms. The van der Waals surface area contributed by atoms with Crippen molar-refractivity contribution in [3.05, 3.63) is 29.8 Å². The molecular formula is C13H18O3. The summed E-state index contributed by atoms with van der Waals surface area (Å²) in [4.78, 5) is 0. The summed E-state index contributed by atoms with van der Waals surface area (Å²) in [7, 11) is 0. The van der Waals surface area contributed by atoms with Crippen molar-refractivity contribution < 1.29 is 14.6 Å². The van der Waals surface area contributed by atoms with Crippen LogP contribution in [0.15, 0.2) is 24.3 Å². The Morgan fingerprint density at radius 1 is 1.44 bits per heavy atom. The molecule has 1 aliphatic rings. The average molecular weight is 222 g/mol. The fraction of sp³-hybridized carbons (Fsp3) is 0.538. The molecule has 0 bridgehead atoms. The van der Waals surface area contributed by atoms with Gasteiger partial charge in [-0.3, -0.25) is 0 Å². The van der Waals surface area contributed by atoms with E-state index in [0.717, 1.165) is 30.8 Å². The molecule has 88 valence electrons. The summed E-state index contributed by atoms with van der Waals surface area (Å²) in [6, 6.07) is 7.57. The molecule has 3 nitrogen and oxygen atoms in total. The van der Waals surface area contributed by atoms with Gasteiger partial charge < -0.3 is 14.6 Å². The van der Waals surface area contributed by atoms with Crippen LogP contribution in [0.25, 0.3) is 0 Å². The molecule has 0 radical (unpaired) electrons. The van der Waals surface area contributed by atoms with E-state index in [-0.39, 0.29) is 6.10 Å². The van der Waals surface area contributed by atoms with Crippen molar-refractivity contribution in [2.75, 3.05) is 13.2 Å². The summed E-state index contributed by atoms with van der Waals surface area (Å²) in [5.74, 6) is 0.839. The standard InChI is InChI=1S/C13H18O3/c1-2-15-11-7-5-10(6-8-11)13(14)12-4-3-9-16-12/h5-8,12-14H,2-4,9H2,1H3. The largest absolute Gasteiger partial charge is 0.494 e. The van der Waals surface area contributed by atoms with Gasteiger partial charge in [0.1, 0.15) is 11.9 Å². The summed E-state index contributed by atoms with van der Waals surface area (Å²) in [6.45, 7) is 3.38. The minimum atomic E-state index is -0.516. The predicted octanol–water partition coefficient (Wildman–Crippen LogP) is 2.30. The topological polar surface area (TPSA) is 38.7 Å². The molecule has 1 saturated heterocycles. The Labute approximate surface area is 96.0 Å². The minimum Gasteiger partial charge on any atom is -0.494 e. The van der Waals surface area contributed by atoms with Crippen molar-refractivity contribution in [3.8, 4) is 5.75 Å². The number of hydrogen-bond donors (Lipinski definition) is 1. The Kier molecular flexibility index (Phi) is 3.80. The lowest BCUT2D eigenvalue weighted by Crippen LogP contribution is -2.16. The van der Waals surface area contributed by atoms with Gasteiger partial charge in [-0.1, -0.05) is 12.1 Å². The second-order valence-electron chi connectivity index (χ2n) is 4.00. The Bertz CT molecular complexity index is 314. The zero-order chi connectivity index (χ0) is 11.4. The summed E-state index contributed by atoms with van der Waals surface area (Å²) in [5, 5.41) is 10.1. The number of rotatable bonds is 4. The number of aliphatic hydroxyl groups excluding tert-OH is 1. The zero-order valence-corrected chi connectivity index (χ0v) is 9.56. The van der Waals surface area contributed by atoms with E-state index in [9.17, 15) is 5.11 Å². The first-order valence-electron chi connectivity index (χ1n) is 5.83. The second kappa shape index (κ2) is 5.32. The van der Waals surface area contributed by atoms with Crippen LogP contribution in [-0.4, -0.2) is 24.4 Å². The van der Waals surface area contributed by atoms with Crippen molar-refractivity contribution in [2.24, 2.45) is 0 Å². The van der Waals surface area contributed by atoms with Gasteiger partial charge in [-0.15, -0.1) is 0 Å². The van der Waals surface area contributed by atoms with Gasteiger partial charge in [-0.25, -0.2) is 0 Å². The lowest BCUT2D eigenvalue weighted by Gasteiger charge is -2.17. The Balaban J connectivity index is 2.02.